The van der Waals surface area contributed by atoms with Crippen molar-refractivity contribution in [3.05, 3.63) is 36.2 Å². The summed E-state index contributed by atoms with van der Waals surface area (Å²) in [5.74, 6) is 0.306. The third-order valence-corrected chi connectivity index (χ3v) is 1.35. The van der Waals surface area contributed by atoms with E-state index in [1.165, 1.54) is 0 Å². The Morgan fingerprint density at radius 2 is 2.55 bits per heavy atom. The molecular formula is C9H11NO. The molecule has 1 heterocycles. The first-order valence-corrected chi connectivity index (χ1v) is 3.64. The van der Waals surface area contributed by atoms with E-state index >= 15 is 0 Å². The third-order valence-electron chi connectivity index (χ3n) is 1.35. The fraction of sp³-hybridized carbons (Fsp3) is 0.222. The standard InChI is InChI=1S/C9H11NO/c1-2-4-9(11)8-5-3-6-10-7-8/h3-7,11H,2H2,1H3/b9-4-. The number of nitrogens with zero attached hydrogens (tertiary/aromatic N) is 1. The molecule has 0 unspecified atom stereocenters. The molecule has 0 aliphatic rings. The average Bonchev–Trinajstić information content (AvgIpc) is 2.07. The van der Waals surface area contributed by atoms with Gasteiger partial charge in [-0.2, -0.15) is 0 Å². The Morgan fingerprint density at radius 3 is 3.09 bits per heavy atom. The zero-order chi connectivity index (χ0) is 8.10. The Labute approximate surface area is 66.2 Å². The van der Waals surface area contributed by atoms with Crippen LogP contribution in [-0.4, -0.2) is 10.1 Å². The SMILES string of the molecule is CC/C=C(\O)c1cccnc1. The molecule has 0 saturated heterocycles. The highest BCUT2D eigenvalue weighted by atomic mass is 16.3. The summed E-state index contributed by atoms with van der Waals surface area (Å²) in [5.41, 5.74) is 0.773. The van der Waals surface area contributed by atoms with Gasteiger partial charge in [-0.3, -0.25) is 4.98 Å². The number of aliphatic hydroxyl groups is 1. The highest BCUT2D eigenvalue weighted by Gasteiger charge is 1.94. The van der Waals surface area contributed by atoms with Gasteiger partial charge in [0, 0.05) is 18.0 Å². The summed E-state index contributed by atoms with van der Waals surface area (Å²) in [4.78, 5) is 3.89. The maximum Gasteiger partial charge on any atom is 0.120 e. The van der Waals surface area contributed by atoms with Crippen molar-refractivity contribution in [1.82, 2.24) is 4.98 Å². The van der Waals surface area contributed by atoms with Gasteiger partial charge in [-0.05, 0) is 24.6 Å². The lowest BCUT2D eigenvalue weighted by Gasteiger charge is -1.96. The lowest BCUT2D eigenvalue weighted by molar-refractivity contribution is 0.509. The van der Waals surface area contributed by atoms with Gasteiger partial charge in [0.05, 0.1) is 0 Å². The second kappa shape index (κ2) is 3.76. The van der Waals surface area contributed by atoms with Crippen LogP contribution < -0.4 is 0 Å². The lowest BCUT2D eigenvalue weighted by Crippen LogP contribution is -1.82. The van der Waals surface area contributed by atoms with E-state index in [0.29, 0.717) is 5.76 Å². The Morgan fingerprint density at radius 1 is 1.73 bits per heavy atom. The van der Waals surface area contributed by atoms with Gasteiger partial charge in [0.2, 0.25) is 0 Å². The van der Waals surface area contributed by atoms with E-state index in [0.717, 1.165) is 12.0 Å². The zero-order valence-electron chi connectivity index (χ0n) is 6.49. The Kier molecular flexibility index (Phi) is 2.66. The number of aromatic nitrogens is 1. The van der Waals surface area contributed by atoms with Gasteiger partial charge < -0.3 is 5.11 Å². The maximum absolute atomic E-state index is 9.34. The van der Waals surface area contributed by atoms with Crippen LogP contribution in [0.3, 0.4) is 0 Å². The quantitative estimate of drug-likeness (QED) is 0.655. The number of aliphatic hydroxyl groups excluding tert-OH is 1. The molecule has 0 aliphatic heterocycles. The van der Waals surface area contributed by atoms with Gasteiger partial charge in [0.15, 0.2) is 0 Å². The second-order valence-electron chi connectivity index (χ2n) is 2.24. The van der Waals surface area contributed by atoms with Crippen molar-refractivity contribution >= 4 is 5.76 Å². The van der Waals surface area contributed by atoms with E-state index in [1.807, 2.05) is 13.0 Å². The summed E-state index contributed by atoms with van der Waals surface area (Å²) in [7, 11) is 0. The van der Waals surface area contributed by atoms with E-state index in [9.17, 15) is 5.11 Å². The van der Waals surface area contributed by atoms with E-state index in [4.69, 9.17) is 0 Å². The fourth-order valence-corrected chi connectivity index (χ4v) is 0.825. The fourth-order valence-electron chi connectivity index (χ4n) is 0.825. The summed E-state index contributed by atoms with van der Waals surface area (Å²) in [6.07, 6.45) is 5.92. The highest BCUT2D eigenvalue weighted by Crippen LogP contribution is 2.08. The number of hydrogen-bond acceptors (Lipinski definition) is 2. The van der Waals surface area contributed by atoms with Gasteiger partial charge in [-0.25, -0.2) is 0 Å². The van der Waals surface area contributed by atoms with E-state index in [1.54, 1.807) is 24.5 Å². The predicted octanol–water partition coefficient (Wildman–Crippen LogP) is 2.39. The van der Waals surface area contributed by atoms with Crippen LogP contribution in [0.4, 0.5) is 0 Å². The molecule has 0 bridgehead atoms. The van der Waals surface area contributed by atoms with Crippen molar-refractivity contribution in [3.8, 4) is 0 Å². The molecule has 0 fully saturated rings. The number of hydrogen-bond donors (Lipinski definition) is 1. The van der Waals surface area contributed by atoms with E-state index in [-0.39, 0.29) is 0 Å². The van der Waals surface area contributed by atoms with Crippen LogP contribution >= 0.6 is 0 Å². The number of pyridine rings is 1. The number of allylic oxidation sites excluding steroid dienone is 1. The summed E-state index contributed by atoms with van der Waals surface area (Å²) in [5, 5.41) is 9.34. The molecule has 0 spiro atoms. The van der Waals surface area contributed by atoms with Crippen LogP contribution in [0.1, 0.15) is 18.9 Å². The van der Waals surface area contributed by atoms with Crippen LogP contribution in [0.2, 0.25) is 0 Å². The Bertz CT molecular complexity index is 241. The minimum Gasteiger partial charge on any atom is -0.508 e. The van der Waals surface area contributed by atoms with Crippen LogP contribution in [0.25, 0.3) is 5.76 Å². The summed E-state index contributed by atoms with van der Waals surface area (Å²) in [6, 6.07) is 3.63. The van der Waals surface area contributed by atoms with E-state index < -0.39 is 0 Å². The van der Waals surface area contributed by atoms with Gasteiger partial charge in [-0.1, -0.05) is 6.92 Å². The zero-order valence-corrected chi connectivity index (χ0v) is 6.49. The molecule has 2 nitrogen and oxygen atoms in total. The minimum absolute atomic E-state index is 0.306. The van der Waals surface area contributed by atoms with Gasteiger partial charge in [-0.15, -0.1) is 0 Å². The molecule has 1 rings (SSSR count). The Balaban J connectivity index is 2.85. The van der Waals surface area contributed by atoms with Crippen molar-refractivity contribution in [2.75, 3.05) is 0 Å². The van der Waals surface area contributed by atoms with Crippen LogP contribution in [0.5, 0.6) is 0 Å². The molecule has 1 N–H and O–H groups in total. The molecule has 0 atom stereocenters. The lowest BCUT2D eigenvalue weighted by atomic mass is 10.2. The van der Waals surface area contributed by atoms with Crippen LogP contribution in [0, 0.1) is 0 Å². The van der Waals surface area contributed by atoms with Crippen LogP contribution in [-0.2, 0) is 0 Å². The molecule has 0 amide bonds. The smallest absolute Gasteiger partial charge is 0.120 e. The molecule has 0 aromatic carbocycles. The van der Waals surface area contributed by atoms with Crippen molar-refractivity contribution in [3.63, 3.8) is 0 Å². The first-order chi connectivity index (χ1) is 5.34. The van der Waals surface area contributed by atoms with E-state index in [2.05, 4.69) is 4.98 Å². The molecule has 0 saturated carbocycles. The predicted molar refractivity (Wildman–Crippen MR) is 45.1 cm³/mol. The van der Waals surface area contributed by atoms with Gasteiger partial charge in [0.1, 0.15) is 5.76 Å². The minimum atomic E-state index is 0.306. The molecule has 58 valence electrons. The topological polar surface area (TPSA) is 33.1 Å². The molecule has 0 radical (unpaired) electrons. The van der Waals surface area contributed by atoms with Gasteiger partial charge >= 0.3 is 0 Å². The number of rotatable bonds is 2. The second-order valence-corrected chi connectivity index (χ2v) is 2.24. The summed E-state index contributed by atoms with van der Waals surface area (Å²) in [6.45, 7) is 1.98. The largest absolute Gasteiger partial charge is 0.508 e. The monoisotopic (exact) mass is 149 g/mol. The molecule has 1 aromatic rings. The maximum atomic E-state index is 9.34. The molecule has 11 heavy (non-hydrogen) atoms. The molecule has 2 heteroatoms. The molecular weight excluding hydrogens is 138 g/mol. The molecule has 0 aliphatic carbocycles. The third kappa shape index (κ3) is 2.08. The highest BCUT2D eigenvalue weighted by molar-refractivity contribution is 5.56. The van der Waals surface area contributed by atoms with Crippen LogP contribution in [0.15, 0.2) is 30.6 Å². The Hall–Kier alpha value is -1.31. The van der Waals surface area contributed by atoms with Crippen molar-refractivity contribution in [2.45, 2.75) is 13.3 Å². The summed E-state index contributed by atoms with van der Waals surface area (Å²) >= 11 is 0. The van der Waals surface area contributed by atoms with Crippen molar-refractivity contribution in [1.29, 1.82) is 0 Å². The van der Waals surface area contributed by atoms with Gasteiger partial charge in [0.25, 0.3) is 0 Å². The van der Waals surface area contributed by atoms with Crippen molar-refractivity contribution in [2.24, 2.45) is 0 Å². The van der Waals surface area contributed by atoms with Crippen molar-refractivity contribution < 1.29 is 5.11 Å². The molecule has 1 aromatic heterocycles. The first kappa shape index (κ1) is 7.79. The average molecular weight is 149 g/mol. The normalized spacial score (nSPS) is 11.5. The summed E-state index contributed by atoms with van der Waals surface area (Å²) < 4.78 is 0. The first-order valence-electron chi connectivity index (χ1n) is 3.64.